The summed E-state index contributed by atoms with van der Waals surface area (Å²) < 4.78 is 5.72. The minimum Gasteiger partial charge on any atom is -0.464 e. The Kier molecular flexibility index (Phi) is 10.9. The fourth-order valence-electron chi connectivity index (χ4n) is 2.33. The molecule has 0 aromatic carbocycles. The van der Waals surface area contributed by atoms with Gasteiger partial charge in [-0.05, 0) is 31.4 Å². The molecule has 0 atom stereocenters. The number of thioether (sulfide) groups is 1. The maximum Gasteiger partial charge on any atom is 0.117 e. The van der Waals surface area contributed by atoms with Gasteiger partial charge in [0.1, 0.15) is 11.5 Å². The minimum atomic E-state index is 0.866. The third-order valence-corrected chi connectivity index (χ3v) is 4.08. The largest absolute Gasteiger partial charge is 0.464 e. The Labute approximate surface area is 129 Å². The van der Waals surface area contributed by atoms with Crippen LogP contribution >= 0.6 is 11.8 Å². The number of rotatable bonds is 13. The highest BCUT2D eigenvalue weighted by Crippen LogP contribution is 2.13. The van der Waals surface area contributed by atoms with Crippen LogP contribution in [-0.2, 0) is 12.3 Å². The highest BCUT2D eigenvalue weighted by Gasteiger charge is 2.00. The minimum absolute atomic E-state index is 0.866. The molecule has 0 radical (unpaired) electrons. The van der Waals surface area contributed by atoms with Gasteiger partial charge in [0.2, 0.25) is 0 Å². The first-order valence-electron chi connectivity index (χ1n) is 8.14. The van der Waals surface area contributed by atoms with Crippen molar-refractivity contribution in [2.75, 3.05) is 12.8 Å². The highest BCUT2D eigenvalue weighted by atomic mass is 32.2. The first-order valence-corrected chi connectivity index (χ1v) is 9.53. The van der Waals surface area contributed by atoms with Gasteiger partial charge in [0.25, 0.3) is 0 Å². The quantitative estimate of drug-likeness (QED) is 0.495. The fraction of sp³-hybridized carbons (Fsp3) is 0.765. The van der Waals surface area contributed by atoms with Crippen molar-refractivity contribution < 1.29 is 4.42 Å². The third kappa shape index (κ3) is 8.70. The van der Waals surface area contributed by atoms with Crippen LogP contribution in [0.2, 0.25) is 0 Å². The predicted octanol–water partition coefficient (Wildman–Crippen LogP) is 5.37. The van der Waals surface area contributed by atoms with Crippen molar-refractivity contribution in [2.45, 2.75) is 70.6 Å². The molecule has 0 amide bonds. The van der Waals surface area contributed by atoms with Gasteiger partial charge in [-0.15, -0.1) is 0 Å². The van der Waals surface area contributed by atoms with Crippen LogP contribution in [0.4, 0.5) is 0 Å². The van der Waals surface area contributed by atoms with Gasteiger partial charge in [0, 0.05) is 0 Å². The number of unbranched alkanes of at least 4 members (excludes halogenated alkanes) is 7. The standard InChI is InChI=1S/C17H31NOS/c1-3-4-5-6-7-8-9-10-13-18-14-16-11-12-17(19-16)15-20-2/h11-12,18H,3-10,13-15H2,1-2H3. The monoisotopic (exact) mass is 297 g/mol. The molecule has 1 aromatic heterocycles. The SMILES string of the molecule is CCCCCCCCCCNCc1ccc(CSC)o1. The van der Waals surface area contributed by atoms with Gasteiger partial charge < -0.3 is 9.73 Å². The molecular formula is C17H31NOS. The van der Waals surface area contributed by atoms with E-state index in [1.54, 1.807) is 11.8 Å². The second-order valence-corrected chi connectivity index (χ2v) is 6.32. The van der Waals surface area contributed by atoms with Crippen LogP contribution in [0.5, 0.6) is 0 Å². The van der Waals surface area contributed by atoms with Gasteiger partial charge in [-0.25, -0.2) is 0 Å². The number of hydrogen-bond donors (Lipinski definition) is 1. The second-order valence-electron chi connectivity index (χ2n) is 5.45. The van der Waals surface area contributed by atoms with Crippen LogP contribution in [0.3, 0.4) is 0 Å². The first-order chi connectivity index (χ1) is 9.86. The van der Waals surface area contributed by atoms with Crippen molar-refractivity contribution in [3.05, 3.63) is 23.7 Å². The zero-order valence-corrected chi connectivity index (χ0v) is 14.1. The lowest BCUT2D eigenvalue weighted by molar-refractivity contribution is 0.455. The summed E-state index contributed by atoms with van der Waals surface area (Å²) in [4.78, 5) is 0. The summed E-state index contributed by atoms with van der Waals surface area (Å²) in [6.07, 6.45) is 13.1. The zero-order valence-electron chi connectivity index (χ0n) is 13.2. The summed E-state index contributed by atoms with van der Waals surface area (Å²) >= 11 is 1.80. The van der Waals surface area contributed by atoms with Gasteiger partial charge >= 0.3 is 0 Å². The Morgan fingerprint density at radius 3 is 2.30 bits per heavy atom. The Hall–Kier alpha value is -0.410. The molecule has 0 aliphatic heterocycles. The Morgan fingerprint density at radius 2 is 1.60 bits per heavy atom. The van der Waals surface area contributed by atoms with Crippen LogP contribution in [0.25, 0.3) is 0 Å². The van der Waals surface area contributed by atoms with E-state index in [0.29, 0.717) is 0 Å². The molecule has 0 bridgehead atoms. The summed E-state index contributed by atoms with van der Waals surface area (Å²) in [6.45, 7) is 4.24. The first kappa shape index (κ1) is 17.6. The van der Waals surface area contributed by atoms with E-state index in [4.69, 9.17) is 4.42 Å². The van der Waals surface area contributed by atoms with Gasteiger partial charge in [-0.1, -0.05) is 51.9 Å². The molecule has 0 fully saturated rings. The Morgan fingerprint density at radius 1 is 0.950 bits per heavy atom. The van der Waals surface area contributed by atoms with E-state index in [1.807, 2.05) is 0 Å². The average Bonchev–Trinajstić information content (AvgIpc) is 2.89. The zero-order chi connectivity index (χ0) is 14.5. The predicted molar refractivity (Wildman–Crippen MR) is 90.2 cm³/mol. The van der Waals surface area contributed by atoms with E-state index in [-0.39, 0.29) is 0 Å². The molecule has 20 heavy (non-hydrogen) atoms. The summed E-state index contributed by atoms with van der Waals surface area (Å²) in [5.74, 6) is 3.12. The van der Waals surface area contributed by atoms with E-state index in [9.17, 15) is 0 Å². The van der Waals surface area contributed by atoms with Crippen LogP contribution in [0.15, 0.2) is 16.5 Å². The Bertz CT molecular complexity index is 325. The molecule has 0 aliphatic rings. The Balaban J connectivity index is 1.89. The molecule has 0 unspecified atom stereocenters. The van der Waals surface area contributed by atoms with E-state index < -0.39 is 0 Å². The van der Waals surface area contributed by atoms with E-state index in [0.717, 1.165) is 30.4 Å². The van der Waals surface area contributed by atoms with Gasteiger partial charge in [0.05, 0.1) is 12.3 Å². The molecule has 0 aliphatic carbocycles. The normalized spacial score (nSPS) is 11.1. The van der Waals surface area contributed by atoms with E-state index >= 15 is 0 Å². The number of furan rings is 1. The van der Waals surface area contributed by atoms with Crippen molar-refractivity contribution >= 4 is 11.8 Å². The molecule has 1 heterocycles. The molecule has 0 spiro atoms. The molecule has 3 heteroatoms. The van der Waals surface area contributed by atoms with E-state index in [1.165, 1.54) is 51.4 Å². The van der Waals surface area contributed by atoms with Crippen LogP contribution in [-0.4, -0.2) is 12.8 Å². The van der Waals surface area contributed by atoms with E-state index in [2.05, 4.69) is 30.6 Å². The van der Waals surface area contributed by atoms with Crippen molar-refractivity contribution in [3.8, 4) is 0 Å². The average molecular weight is 298 g/mol. The molecule has 1 rings (SSSR count). The number of hydrogen-bond acceptors (Lipinski definition) is 3. The van der Waals surface area contributed by atoms with Crippen molar-refractivity contribution in [3.63, 3.8) is 0 Å². The lowest BCUT2D eigenvalue weighted by Gasteiger charge is -2.03. The smallest absolute Gasteiger partial charge is 0.117 e. The van der Waals surface area contributed by atoms with Gasteiger partial charge in [-0.3, -0.25) is 0 Å². The molecule has 1 aromatic rings. The molecule has 0 saturated heterocycles. The van der Waals surface area contributed by atoms with Crippen LogP contribution in [0, 0.1) is 0 Å². The summed E-state index contributed by atoms with van der Waals surface area (Å²) in [5, 5.41) is 3.47. The molecular weight excluding hydrogens is 266 g/mol. The lowest BCUT2D eigenvalue weighted by Crippen LogP contribution is -2.14. The summed E-state index contributed by atoms with van der Waals surface area (Å²) in [5.41, 5.74) is 0. The summed E-state index contributed by atoms with van der Waals surface area (Å²) in [6, 6.07) is 4.18. The van der Waals surface area contributed by atoms with Gasteiger partial charge in [0.15, 0.2) is 0 Å². The number of nitrogens with one attached hydrogen (secondary N) is 1. The summed E-state index contributed by atoms with van der Waals surface area (Å²) in [7, 11) is 0. The molecule has 2 nitrogen and oxygen atoms in total. The van der Waals surface area contributed by atoms with Crippen LogP contribution < -0.4 is 5.32 Å². The molecule has 1 N–H and O–H groups in total. The highest BCUT2D eigenvalue weighted by molar-refractivity contribution is 7.97. The van der Waals surface area contributed by atoms with Gasteiger partial charge in [-0.2, -0.15) is 11.8 Å². The molecule has 0 saturated carbocycles. The lowest BCUT2D eigenvalue weighted by atomic mass is 10.1. The van der Waals surface area contributed by atoms with Crippen LogP contribution in [0.1, 0.15) is 69.8 Å². The van der Waals surface area contributed by atoms with Crippen molar-refractivity contribution in [1.82, 2.24) is 5.32 Å². The third-order valence-electron chi connectivity index (χ3n) is 3.51. The van der Waals surface area contributed by atoms with Crippen molar-refractivity contribution in [1.29, 1.82) is 0 Å². The topological polar surface area (TPSA) is 25.2 Å². The second kappa shape index (κ2) is 12.3. The molecule has 116 valence electrons. The van der Waals surface area contributed by atoms with Crippen molar-refractivity contribution in [2.24, 2.45) is 0 Å². The maximum absolute atomic E-state index is 5.72. The fourth-order valence-corrected chi connectivity index (χ4v) is 2.77. The maximum atomic E-state index is 5.72.